The molecule has 0 aromatic heterocycles. The minimum atomic E-state index is -0.722. The molecule has 0 heterocycles. The fourth-order valence-corrected chi connectivity index (χ4v) is 2.36. The van der Waals surface area contributed by atoms with E-state index in [-0.39, 0.29) is 22.9 Å². The minimum absolute atomic E-state index is 0.0340. The fraction of sp³-hybridized carbons (Fsp3) is 0.222. The summed E-state index contributed by atoms with van der Waals surface area (Å²) in [6.07, 6.45) is 0. The van der Waals surface area contributed by atoms with E-state index in [0.29, 0.717) is 11.3 Å². The first kappa shape index (κ1) is 19.5. The third-order valence-electron chi connectivity index (χ3n) is 3.43. The van der Waals surface area contributed by atoms with Gasteiger partial charge >= 0.3 is 5.97 Å². The maximum absolute atomic E-state index is 13.1. The van der Waals surface area contributed by atoms with Crippen LogP contribution in [0.25, 0.3) is 0 Å². The van der Waals surface area contributed by atoms with Gasteiger partial charge in [-0.2, -0.15) is 0 Å². The third kappa shape index (κ3) is 4.86. The molecular weight excluding hydrogens is 365 g/mol. The highest BCUT2D eigenvalue weighted by atomic mass is 35.5. The summed E-state index contributed by atoms with van der Waals surface area (Å²) in [7, 11) is 2.84. The van der Waals surface area contributed by atoms with Gasteiger partial charge in [0.05, 0.1) is 19.2 Å². The maximum atomic E-state index is 13.1. The number of methoxy groups -OCH3 is 2. The van der Waals surface area contributed by atoms with Gasteiger partial charge in [0, 0.05) is 6.54 Å². The number of ether oxygens (including phenoxy) is 3. The summed E-state index contributed by atoms with van der Waals surface area (Å²) in [4.78, 5) is 24.0. The Morgan fingerprint density at radius 2 is 1.92 bits per heavy atom. The number of rotatable bonds is 7. The molecule has 0 aliphatic rings. The lowest BCUT2D eigenvalue weighted by atomic mass is 10.2. The van der Waals surface area contributed by atoms with Crippen molar-refractivity contribution in [2.45, 2.75) is 6.54 Å². The van der Waals surface area contributed by atoms with Gasteiger partial charge in [-0.25, -0.2) is 9.18 Å². The Kier molecular flexibility index (Phi) is 6.80. The van der Waals surface area contributed by atoms with E-state index in [2.05, 4.69) is 5.32 Å². The van der Waals surface area contributed by atoms with Gasteiger partial charge in [-0.05, 0) is 29.8 Å². The highest BCUT2D eigenvalue weighted by molar-refractivity contribution is 6.30. The monoisotopic (exact) mass is 381 g/mol. The molecule has 138 valence electrons. The molecule has 1 amide bonds. The first-order valence-electron chi connectivity index (χ1n) is 7.55. The summed E-state index contributed by atoms with van der Waals surface area (Å²) in [5, 5.41) is 2.52. The summed E-state index contributed by atoms with van der Waals surface area (Å²) in [6, 6.07) is 8.85. The SMILES string of the molecule is COc1cccc(C(=O)OCC(=O)NCc2ccc(F)c(Cl)c2)c1OC. The first-order valence-corrected chi connectivity index (χ1v) is 7.92. The van der Waals surface area contributed by atoms with Crippen LogP contribution in [0.15, 0.2) is 36.4 Å². The van der Waals surface area contributed by atoms with Gasteiger partial charge in [0.1, 0.15) is 11.4 Å². The summed E-state index contributed by atoms with van der Waals surface area (Å²) < 4.78 is 28.3. The molecule has 2 aromatic carbocycles. The second kappa shape index (κ2) is 9.05. The van der Waals surface area contributed by atoms with Crippen molar-refractivity contribution in [1.82, 2.24) is 5.32 Å². The number of hydrogen-bond acceptors (Lipinski definition) is 5. The van der Waals surface area contributed by atoms with Crippen LogP contribution in [0.4, 0.5) is 4.39 Å². The Morgan fingerprint density at radius 1 is 1.15 bits per heavy atom. The van der Waals surface area contributed by atoms with Gasteiger partial charge < -0.3 is 19.5 Å². The lowest BCUT2D eigenvalue weighted by molar-refractivity contribution is -0.124. The molecule has 0 spiro atoms. The summed E-state index contributed by atoms with van der Waals surface area (Å²) in [6.45, 7) is -0.354. The summed E-state index contributed by atoms with van der Waals surface area (Å²) in [5.41, 5.74) is 0.760. The molecule has 0 radical (unpaired) electrons. The predicted molar refractivity (Wildman–Crippen MR) is 93.1 cm³/mol. The van der Waals surface area contributed by atoms with Crippen molar-refractivity contribution in [2.75, 3.05) is 20.8 Å². The van der Waals surface area contributed by atoms with E-state index in [1.165, 1.54) is 38.5 Å². The molecule has 8 heteroatoms. The lowest BCUT2D eigenvalue weighted by Crippen LogP contribution is -2.28. The number of hydrogen-bond donors (Lipinski definition) is 1. The van der Waals surface area contributed by atoms with E-state index in [1.807, 2.05) is 0 Å². The Balaban J connectivity index is 1.91. The average molecular weight is 382 g/mol. The van der Waals surface area contributed by atoms with Crippen molar-refractivity contribution >= 4 is 23.5 Å². The Labute approximate surface area is 154 Å². The smallest absolute Gasteiger partial charge is 0.342 e. The van der Waals surface area contributed by atoms with Crippen molar-refractivity contribution in [1.29, 1.82) is 0 Å². The highest BCUT2D eigenvalue weighted by Gasteiger charge is 2.18. The van der Waals surface area contributed by atoms with Gasteiger partial charge in [-0.15, -0.1) is 0 Å². The van der Waals surface area contributed by atoms with Crippen molar-refractivity contribution in [3.05, 3.63) is 58.4 Å². The molecule has 6 nitrogen and oxygen atoms in total. The van der Waals surface area contributed by atoms with Gasteiger partial charge in [-0.3, -0.25) is 4.79 Å². The van der Waals surface area contributed by atoms with E-state index in [0.717, 1.165) is 0 Å². The van der Waals surface area contributed by atoms with Crippen LogP contribution in [-0.4, -0.2) is 32.7 Å². The van der Waals surface area contributed by atoms with Crippen LogP contribution in [0.2, 0.25) is 5.02 Å². The van der Waals surface area contributed by atoms with Crippen molar-refractivity contribution in [2.24, 2.45) is 0 Å². The largest absolute Gasteiger partial charge is 0.493 e. The van der Waals surface area contributed by atoms with E-state index in [4.69, 9.17) is 25.8 Å². The molecular formula is C18H17ClFNO5. The number of para-hydroxylation sites is 1. The zero-order valence-electron chi connectivity index (χ0n) is 14.2. The fourth-order valence-electron chi connectivity index (χ4n) is 2.16. The Morgan fingerprint density at radius 3 is 2.58 bits per heavy atom. The highest BCUT2D eigenvalue weighted by Crippen LogP contribution is 2.31. The van der Waals surface area contributed by atoms with Crippen LogP contribution in [0.1, 0.15) is 15.9 Å². The van der Waals surface area contributed by atoms with E-state index in [1.54, 1.807) is 12.1 Å². The van der Waals surface area contributed by atoms with Crippen LogP contribution < -0.4 is 14.8 Å². The molecule has 0 saturated heterocycles. The van der Waals surface area contributed by atoms with E-state index in [9.17, 15) is 14.0 Å². The topological polar surface area (TPSA) is 73.9 Å². The Hall–Kier alpha value is -2.80. The minimum Gasteiger partial charge on any atom is -0.493 e. The van der Waals surface area contributed by atoms with Crippen LogP contribution in [0, 0.1) is 5.82 Å². The lowest BCUT2D eigenvalue weighted by Gasteiger charge is -2.12. The molecule has 1 N–H and O–H groups in total. The van der Waals surface area contributed by atoms with Crippen molar-refractivity contribution < 1.29 is 28.2 Å². The number of halogens is 2. The second-order valence-corrected chi connectivity index (χ2v) is 5.55. The number of carbonyl (C=O) groups is 2. The molecule has 2 rings (SSSR count). The molecule has 26 heavy (non-hydrogen) atoms. The molecule has 0 aliphatic heterocycles. The standard InChI is InChI=1S/C18H17ClFNO5/c1-24-15-5-3-4-12(17(15)25-2)18(23)26-10-16(22)21-9-11-6-7-14(20)13(19)8-11/h3-8H,9-10H2,1-2H3,(H,21,22). The number of esters is 1. The molecule has 0 fully saturated rings. The first-order chi connectivity index (χ1) is 12.5. The zero-order valence-corrected chi connectivity index (χ0v) is 14.9. The maximum Gasteiger partial charge on any atom is 0.342 e. The van der Waals surface area contributed by atoms with Crippen LogP contribution in [-0.2, 0) is 16.1 Å². The van der Waals surface area contributed by atoms with E-state index >= 15 is 0 Å². The van der Waals surface area contributed by atoms with Gasteiger partial charge in [0.25, 0.3) is 5.91 Å². The zero-order chi connectivity index (χ0) is 19.1. The van der Waals surface area contributed by atoms with Gasteiger partial charge in [0.15, 0.2) is 18.1 Å². The number of carbonyl (C=O) groups excluding carboxylic acids is 2. The van der Waals surface area contributed by atoms with Gasteiger partial charge in [-0.1, -0.05) is 23.7 Å². The van der Waals surface area contributed by atoms with Crippen molar-refractivity contribution in [3.8, 4) is 11.5 Å². The third-order valence-corrected chi connectivity index (χ3v) is 3.72. The Bertz CT molecular complexity index is 812. The molecule has 0 bridgehead atoms. The molecule has 0 saturated carbocycles. The second-order valence-electron chi connectivity index (χ2n) is 5.14. The quantitative estimate of drug-likeness (QED) is 0.746. The normalized spacial score (nSPS) is 10.2. The molecule has 0 unspecified atom stereocenters. The van der Waals surface area contributed by atoms with Gasteiger partial charge in [0.2, 0.25) is 0 Å². The van der Waals surface area contributed by atoms with Crippen LogP contribution in [0.5, 0.6) is 11.5 Å². The van der Waals surface area contributed by atoms with Crippen LogP contribution in [0.3, 0.4) is 0 Å². The molecule has 0 aliphatic carbocycles. The van der Waals surface area contributed by atoms with Crippen molar-refractivity contribution in [3.63, 3.8) is 0 Å². The average Bonchev–Trinajstić information content (AvgIpc) is 2.66. The van der Waals surface area contributed by atoms with Crippen LogP contribution >= 0.6 is 11.6 Å². The predicted octanol–water partition coefficient (Wildman–Crippen LogP) is 2.97. The molecule has 2 aromatic rings. The molecule has 0 atom stereocenters. The van der Waals surface area contributed by atoms with E-state index < -0.39 is 24.3 Å². The number of nitrogens with one attached hydrogen (secondary N) is 1. The summed E-state index contributed by atoms with van der Waals surface area (Å²) in [5.74, 6) is -1.18. The number of benzene rings is 2. The number of amides is 1. The summed E-state index contributed by atoms with van der Waals surface area (Å²) >= 11 is 5.67.